The molecule has 0 aliphatic carbocycles. The number of nitrogens with zero attached hydrogens (tertiary/aromatic N) is 3. The van der Waals surface area contributed by atoms with Crippen LogP contribution in [0.5, 0.6) is 0 Å². The Morgan fingerprint density at radius 2 is 2.14 bits per heavy atom. The predicted octanol–water partition coefficient (Wildman–Crippen LogP) is 3.14. The van der Waals surface area contributed by atoms with E-state index in [9.17, 15) is 10.1 Å². The molecule has 0 radical (unpaired) electrons. The normalized spacial score (nSPS) is 10.3. The van der Waals surface area contributed by atoms with Crippen LogP contribution in [0, 0.1) is 17.0 Å². The number of anilines is 3. The van der Waals surface area contributed by atoms with E-state index in [1.54, 1.807) is 18.2 Å². The summed E-state index contributed by atoms with van der Waals surface area (Å²) in [5.74, 6) is 5.32. The van der Waals surface area contributed by atoms with Crippen LogP contribution in [0.2, 0.25) is 5.02 Å². The fraction of sp³-hybridized carbons (Fsp3) is 0.0909. The average molecular weight is 374 g/mol. The van der Waals surface area contributed by atoms with Crippen LogP contribution in [-0.4, -0.2) is 14.9 Å². The lowest BCUT2D eigenvalue weighted by Gasteiger charge is -2.10. The van der Waals surface area contributed by atoms with Gasteiger partial charge in [0.1, 0.15) is 5.69 Å². The van der Waals surface area contributed by atoms with Crippen LogP contribution in [0.3, 0.4) is 0 Å². The summed E-state index contributed by atoms with van der Waals surface area (Å²) in [7, 11) is 0. The van der Waals surface area contributed by atoms with Crippen LogP contribution < -0.4 is 16.6 Å². The van der Waals surface area contributed by atoms with Crippen molar-refractivity contribution in [3.8, 4) is 0 Å². The predicted molar refractivity (Wildman–Crippen MR) is 83.7 cm³/mol. The molecular formula is C11H10BrClN6O2. The van der Waals surface area contributed by atoms with Crippen LogP contribution in [-0.2, 0) is 0 Å². The van der Waals surface area contributed by atoms with E-state index in [0.29, 0.717) is 10.7 Å². The third kappa shape index (κ3) is 3.38. The van der Waals surface area contributed by atoms with Crippen LogP contribution >= 0.6 is 27.5 Å². The number of benzene rings is 1. The number of aryl methyl sites for hydroxylation is 1. The van der Waals surface area contributed by atoms with Crippen molar-refractivity contribution in [2.24, 2.45) is 5.84 Å². The van der Waals surface area contributed by atoms with Gasteiger partial charge in [0.25, 0.3) is 0 Å². The SMILES string of the molecule is Cc1nc(NN)nc(Nc2ccc(Br)cc2Cl)c1[N+](=O)[O-]. The standard InChI is InChI=1S/C11H10BrClN6O2/c1-5-9(19(20)21)10(17-11(15-5)18-14)16-8-3-2-6(12)4-7(8)13/h2-4H,14H2,1H3,(H2,15,16,17,18). The fourth-order valence-electron chi connectivity index (χ4n) is 1.66. The Balaban J connectivity index is 2.51. The lowest BCUT2D eigenvalue weighted by molar-refractivity contribution is -0.385. The van der Waals surface area contributed by atoms with Crippen LogP contribution in [0.15, 0.2) is 22.7 Å². The van der Waals surface area contributed by atoms with E-state index in [2.05, 4.69) is 36.6 Å². The Morgan fingerprint density at radius 3 is 2.71 bits per heavy atom. The topological polar surface area (TPSA) is 119 Å². The van der Waals surface area contributed by atoms with Gasteiger partial charge in [0, 0.05) is 4.47 Å². The van der Waals surface area contributed by atoms with Gasteiger partial charge in [-0.15, -0.1) is 0 Å². The minimum absolute atomic E-state index is 0.00433. The maximum atomic E-state index is 11.2. The minimum Gasteiger partial charge on any atom is -0.333 e. The van der Waals surface area contributed by atoms with Crippen LogP contribution in [0.25, 0.3) is 0 Å². The van der Waals surface area contributed by atoms with Gasteiger partial charge < -0.3 is 5.32 Å². The van der Waals surface area contributed by atoms with Gasteiger partial charge in [-0.3, -0.25) is 15.5 Å². The first-order valence-electron chi connectivity index (χ1n) is 5.64. The smallest absolute Gasteiger partial charge is 0.332 e. The Bertz CT molecular complexity index is 711. The van der Waals surface area contributed by atoms with Gasteiger partial charge in [0.05, 0.1) is 15.6 Å². The van der Waals surface area contributed by atoms with Crippen molar-refractivity contribution in [1.29, 1.82) is 0 Å². The first-order valence-corrected chi connectivity index (χ1v) is 6.81. The van der Waals surface area contributed by atoms with E-state index in [1.807, 2.05) is 0 Å². The summed E-state index contributed by atoms with van der Waals surface area (Å²) in [6.45, 7) is 1.50. The second-order valence-electron chi connectivity index (χ2n) is 3.98. The molecular weight excluding hydrogens is 364 g/mol. The molecule has 2 aromatic rings. The summed E-state index contributed by atoms with van der Waals surface area (Å²) in [5.41, 5.74) is 2.67. The Morgan fingerprint density at radius 1 is 1.43 bits per heavy atom. The summed E-state index contributed by atoms with van der Waals surface area (Å²) >= 11 is 9.36. The molecule has 1 aromatic carbocycles. The maximum Gasteiger partial charge on any atom is 0.332 e. The van der Waals surface area contributed by atoms with E-state index in [4.69, 9.17) is 17.4 Å². The molecule has 0 saturated heterocycles. The molecule has 21 heavy (non-hydrogen) atoms. The third-order valence-corrected chi connectivity index (χ3v) is 3.36. The summed E-state index contributed by atoms with van der Waals surface area (Å²) < 4.78 is 0.788. The van der Waals surface area contributed by atoms with Gasteiger partial charge in [0.15, 0.2) is 0 Å². The van der Waals surface area contributed by atoms with Crippen LogP contribution in [0.1, 0.15) is 5.69 Å². The number of nitrogens with two attached hydrogens (primary N) is 1. The molecule has 0 unspecified atom stereocenters. The number of aromatic nitrogens is 2. The van der Waals surface area contributed by atoms with Crippen molar-refractivity contribution < 1.29 is 4.92 Å². The first kappa shape index (κ1) is 15.4. The molecule has 0 aliphatic heterocycles. The van der Waals surface area contributed by atoms with Crippen molar-refractivity contribution in [2.45, 2.75) is 6.92 Å². The molecule has 8 nitrogen and oxygen atoms in total. The van der Waals surface area contributed by atoms with Crippen molar-refractivity contribution in [2.75, 3.05) is 10.7 Å². The van der Waals surface area contributed by atoms with Crippen molar-refractivity contribution in [3.63, 3.8) is 0 Å². The van der Waals surface area contributed by atoms with Gasteiger partial charge in [0.2, 0.25) is 11.8 Å². The van der Waals surface area contributed by atoms with Gasteiger partial charge in [-0.1, -0.05) is 27.5 Å². The Labute approximate surface area is 133 Å². The summed E-state index contributed by atoms with van der Waals surface area (Å²) in [6.07, 6.45) is 0. The molecule has 0 spiro atoms. The van der Waals surface area contributed by atoms with Gasteiger partial charge in [-0.25, -0.2) is 10.8 Å². The van der Waals surface area contributed by atoms with E-state index in [-0.39, 0.29) is 23.1 Å². The lowest BCUT2D eigenvalue weighted by atomic mass is 10.3. The second-order valence-corrected chi connectivity index (χ2v) is 5.30. The lowest BCUT2D eigenvalue weighted by Crippen LogP contribution is -2.13. The molecule has 2 rings (SSSR count). The zero-order valence-electron chi connectivity index (χ0n) is 10.7. The highest BCUT2D eigenvalue weighted by Gasteiger charge is 2.22. The van der Waals surface area contributed by atoms with E-state index in [1.165, 1.54) is 6.92 Å². The number of nitrogen functional groups attached to an aromatic ring is 1. The number of nitro groups is 1. The molecule has 0 atom stereocenters. The third-order valence-electron chi connectivity index (χ3n) is 2.55. The minimum atomic E-state index is -0.565. The maximum absolute atomic E-state index is 11.2. The highest BCUT2D eigenvalue weighted by Crippen LogP contribution is 2.33. The van der Waals surface area contributed by atoms with Gasteiger partial charge in [-0.05, 0) is 25.1 Å². The van der Waals surface area contributed by atoms with E-state index < -0.39 is 4.92 Å². The highest BCUT2D eigenvalue weighted by atomic mass is 79.9. The summed E-state index contributed by atoms with van der Waals surface area (Å²) in [6, 6.07) is 5.07. The molecule has 0 saturated carbocycles. The summed E-state index contributed by atoms with van der Waals surface area (Å²) in [5, 5.41) is 14.4. The number of nitrogens with one attached hydrogen (secondary N) is 2. The van der Waals surface area contributed by atoms with E-state index in [0.717, 1.165) is 4.47 Å². The number of hydrazine groups is 1. The van der Waals surface area contributed by atoms with E-state index >= 15 is 0 Å². The molecule has 0 aliphatic rings. The van der Waals surface area contributed by atoms with Crippen LogP contribution in [0.4, 0.5) is 23.1 Å². The highest BCUT2D eigenvalue weighted by molar-refractivity contribution is 9.10. The molecule has 1 aromatic heterocycles. The summed E-state index contributed by atoms with van der Waals surface area (Å²) in [4.78, 5) is 18.4. The monoisotopic (exact) mass is 372 g/mol. The number of hydrogen-bond acceptors (Lipinski definition) is 7. The fourth-order valence-corrected chi connectivity index (χ4v) is 2.38. The Kier molecular flexibility index (Phi) is 4.56. The number of hydrogen-bond donors (Lipinski definition) is 3. The van der Waals surface area contributed by atoms with Crippen molar-refractivity contribution in [1.82, 2.24) is 9.97 Å². The molecule has 0 amide bonds. The largest absolute Gasteiger partial charge is 0.333 e. The molecule has 10 heteroatoms. The van der Waals surface area contributed by atoms with Gasteiger partial charge in [-0.2, -0.15) is 4.98 Å². The molecule has 1 heterocycles. The van der Waals surface area contributed by atoms with Crippen molar-refractivity contribution in [3.05, 3.63) is 43.5 Å². The molecule has 0 fully saturated rings. The average Bonchev–Trinajstić information content (AvgIpc) is 2.40. The van der Waals surface area contributed by atoms with Crippen molar-refractivity contribution >= 4 is 50.7 Å². The number of rotatable bonds is 4. The zero-order valence-corrected chi connectivity index (χ0v) is 13.1. The quantitative estimate of drug-likeness (QED) is 0.428. The molecule has 110 valence electrons. The first-order chi connectivity index (χ1) is 9.92. The molecule has 0 bridgehead atoms. The second kappa shape index (κ2) is 6.20. The zero-order chi connectivity index (χ0) is 15.6. The number of halogens is 2. The van der Waals surface area contributed by atoms with Gasteiger partial charge >= 0.3 is 5.69 Å². The Hall–Kier alpha value is -1.97. The molecule has 4 N–H and O–H groups in total.